The Hall–Kier alpha value is -0.570. The van der Waals surface area contributed by atoms with Gasteiger partial charge in [-0.05, 0) is 19.3 Å². The molecule has 1 aliphatic carbocycles. The first kappa shape index (κ1) is 11.5. The largest absolute Gasteiger partial charge is 0.338 e. The highest BCUT2D eigenvalue weighted by atomic mass is 16.2. The number of hydrogen-bond acceptors (Lipinski definition) is 2. The molecule has 0 aromatic carbocycles. The van der Waals surface area contributed by atoms with E-state index >= 15 is 0 Å². The normalized spacial score (nSPS) is 15.6. The summed E-state index contributed by atoms with van der Waals surface area (Å²) in [6, 6.07) is 0.521. The number of carbonyl (C=O) groups is 1. The maximum absolute atomic E-state index is 11.8. The fourth-order valence-corrected chi connectivity index (χ4v) is 1.71. The number of amides is 1. The van der Waals surface area contributed by atoms with Crippen LogP contribution in [0.4, 0.5) is 0 Å². The second kappa shape index (κ2) is 6.02. The van der Waals surface area contributed by atoms with Crippen molar-refractivity contribution >= 4 is 5.91 Å². The summed E-state index contributed by atoms with van der Waals surface area (Å²) in [6.45, 7) is 3.49. The number of unbranched alkanes of at least 4 members (excludes halogenated alkanes) is 2. The van der Waals surface area contributed by atoms with E-state index in [1.165, 1.54) is 19.3 Å². The minimum atomic E-state index is 0.311. The Morgan fingerprint density at radius 3 is 2.64 bits per heavy atom. The minimum Gasteiger partial charge on any atom is -0.338 e. The third-order valence-corrected chi connectivity index (χ3v) is 2.67. The van der Waals surface area contributed by atoms with Gasteiger partial charge in [0.1, 0.15) is 0 Å². The second-order valence-electron chi connectivity index (χ2n) is 4.06. The molecule has 0 unspecified atom stereocenters. The Labute approximate surface area is 86.6 Å². The van der Waals surface area contributed by atoms with Crippen LogP contribution in [0.25, 0.3) is 0 Å². The highest BCUT2D eigenvalue weighted by Crippen LogP contribution is 2.27. The van der Waals surface area contributed by atoms with Gasteiger partial charge in [0.25, 0.3) is 0 Å². The van der Waals surface area contributed by atoms with E-state index in [0.717, 1.165) is 19.4 Å². The summed E-state index contributed by atoms with van der Waals surface area (Å²) in [5, 5.41) is 0. The summed E-state index contributed by atoms with van der Waals surface area (Å²) in [5.41, 5.74) is 5.49. The van der Waals surface area contributed by atoms with E-state index in [-0.39, 0.29) is 0 Å². The number of nitrogens with zero attached hydrogens (tertiary/aromatic N) is 1. The molecule has 1 saturated carbocycles. The van der Waals surface area contributed by atoms with E-state index in [2.05, 4.69) is 6.92 Å². The molecule has 2 N–H and O–H groups in total. The minimum absolute atomic E-state index is 0.311. The second-order valence-corrected chi connectivity index (χ2v) is 4.06. The highest BCUT2D eigenvalue weighted by Gasteiger charge is 2.31. The van der Waals surface area contributed by atoms with Gasteiger partial charge in [-0.2, -0.15) is 0 Å². The van der Waals surface area contributed by atoms with Gasteiger partial charge >= 0.3 is 0 Å². The number of rotatable bonds is 7. The van der Waals surface area contributed by atoms with Gasteiger partial charge in [0.05, 0.1) is 0 Å². The van der Waals surface area contributed by atoms with Gasteiger partial charge in [-0.15, -0.1) is 0 Å². The SMILES string of the molecule is CCCCCC(=O)N(CCN)C1CC1. The number of nitrogens with two attached hydrogens (primary N) is 1. The molecule has 0 aromatic heterocycles. The molecule has 0 spiro atoms. The van der Waals surface area contributed by atoms with Crippen molar-refractivity contribution in [2.24, 2.45) is 5.73 Å². The molecule has 82 valence electrons. The van der Waals surface area contributed by atoms with Gasteiger partial charge < -0.3 is 10.6 Å². The average molecular weight is 198 g/mol. The van der Waals surface area contributed by atoms with Gasteiger partial charge in [-0.25, -0.2) is 0 Å². The maximum Gasteiger partial charge on any atom is 0.222 e. The summed E-state index contributed by atoms with van der Waals surface area (Å²) >= 11 is 0. The van der Waals surface area contributed by atoms with Crippen LogP contribution in [-0.4, -0.2) is 29.9 Å². The van der Waals surface area contributed by atoms with Crippen molar-refractivity contribution in [3.63, 3.8) is 0 Å². The van der Waals surface area contributed by atoms with Crippen molar-refractivity contribution in [2.45, 2.75) is 51.5 Å². The summed E-state index contributed by atoms with van der Waals surface area (Å²) in [6.07, 6.45) is 6.44. The van der Waals surface area contributed by atoms with E-state index in [0.29, 0.717) is 24.9 Å². The summed E-state index contributed by atoms with van der Waals surface area (Å²) in [5.74, 6) is 0.311. The molecule has 1 rings (SSSR count). The first-order valence-corrected chi connectivity index (χ1v) is 5.79. The van der Waals surface area contributed by atoms with E-state index in [4.69, 9.17) is 5.73 Å². The Morgan fingerprint density at radius 2 is 2.14 bits per heavy atom. The van der Waals surface area contributed by atoms with Gasteiger partial charge in [-0.1, -0.05) is 19.8 Å². The summed E-state index contributed by atoms with van der Waals surface area (Å²) in [7, 11) is 0. The quantitative estimate of drug-likeness (QED) is 0.630. The van der Waals surface area contributed by atoms with Crippen LogP contribution in [0, 0.1) is 0 Å². The summed E-state index contributed by atoms with van der Waals surface area (Å²) in [4.78, 5) is 13.7. The van der Waals surface area contributed by atoms with Gasteiger partial charge in [0.15, 0.2) is 0 Å². The Bertz CT molecular complexity index is 178. The van der Waals surface area contributed by atoms with Crippen molar-refractivity contribution in [1.82, 2.24) is 4.90 Å². The molecule has 1 aliphatic rings. The number of carbonyl (C=O) groups excluding carboxylic acids is 1. The molecule has 1 fully saturated rings. The third-order valence-electron chi connectivity index (χ3n) is 2.67. The average Bonchev–Trinajstić information content (AvgIpc) is 2.98. The zero-order chi connectivity index (χ0) is 10.4. The van der Waals surface area contributed by atoms with Crippen molar-refractivity contribution in [2.75, 3.05) is 13.1 Å². The fraction of sp³-hybridized carbons (Fsp3) is 0.909. The molecular formula is C11H22N2O. The van der Waals surface area contributed by atoms with Gasteiger partial charge in [-0.3, -0.25) is 4.79 Å². The first-order chi connectivity index (χ1) is 6.79. The van der Waals surface area contributed by atoms with Gasteiger partial charge in [0.2, 0.25) is 5.91 Å². The molecule has 0 bridgehead atoms. The Balaban J connectivity index is 2.23. The van der Waals surface area contributed by atoms with E-state index in [1.807, 2.05) is 4.90 Å². The van der Waals surface area contributed by atoms with Crippen LogP contribution >= 0.6 is 0 Å². The molecule has 0 aliphatic heterocycles. The highest BCUT2D eigenvalue weighted by molar-refractivity contribution is 5.76. The third kappa shape index (κ3) is 3.66. The molecule has 14 heavy (non-hydrogen) atoms. The molecule has 0 aromatic rings. The smallest absolute Gasteiger partial charge is 0.222 e. The zero-order valence-electron chi connectivity index (χ0n) is 9.17. The number of hydrogen-bond donors (Lipinski definition) is 1. The fourth-order valence-electron chi connectivity index (χ4n) is 1.71. The molecule has 0 saturated heterocycles. The molecule has 3 heteroatoms. The van der Waals surface area contributed by atoms with Crippen molar-refractivity contribution < 1.29 is 4.79 Å². The lowest BCUT2D eigenvalue weighted by atomic mass is 10.2. The molecule has 3 nitrogen and oxygen atoms in total. The van der Waals surface area contributed by atoms with Crippen LogP contribution < -0.4 is 5.73 Å². The molecule has 0 heterocycles. The predicted molar refractivity (Wildman–Crippen MR) is 57.9 cm³/mol. The van der Waals surface area contributed by atoms with Crippen molar-refractivity contribution in [1.29, 1.82) is 0 Å². The first-order valence-electron chi connectivity index (χ1n) is 5.79. The predicted octanol–water partition coefficient (Wildman–Crippen LogP) is 1.52. The molecule has 0 radical (unpaired) electrons. The Kier molecular flexibility index (Phi) is 4.94. The van der Waals surface area contributed by atoms with Crippen LogP contribution in [0.15, 0.2) is 0 Å². The molecular weight excluding hydrogens is 176 g/mol. The van der Waals surface area contributed by atoms with Crippen LogP contribution in [0.5, 0.6) is 0 Å². The lowest BCUT2D eigenvalue weighted by Crippen LogP contribution is -2.36. The van der Waals surface area contributed by atoms with Crippen LogP contribution in [0.2, 0.25) is 0 Å². The van der Waals surface area contributed by atoms with Crippen LogP contribution in [0.3, 0.4) is 0 Å². The van der Waals surface area contributed by atoms with E-state index < -0.39 is 0 Å². The van der Waals surface area contributed by atoms with E-state index in [9.17, 15) is 4.79 Å². The Morgan fingerprint density at radius 1 is 1.43 bits per heavy atom. The van der Waals surface area contributed by atoms with Crippen molar-refractivity contribution in [3.05, 3.63) is 0 Å². The van der Waals surface area contributed by atoms with Crippen LogP contribution in [-0.2, 0) is 4.79 Å². The lowest BCUT2D eigenvalue weighted by Gasteiger charge is -2.21. The monoisotopic (exact) mass is 198 g/mol. The summed E-state index contributed by atoms with van der Waals surface area (Å²) < 4.78 is 0. The van der Waals surface area contributed by atoms with E-state index in [1.54, 1.807) is 0 Å². The molecule has 1 amide bonds. The topological polar surface area (TPSA) is 46.3 Å². The maximum atomic E-state index is 11.8. The van der Waals surface area contributed by atoms with Crippen LogP contribution in [0.1, 0.15) is 45.4 Å². The standard InChI is InChI=1S/C11H22N2O/c1-2-3-4-5-11(14)13(9-8-12)10-6-7-10/h10H,2-9,12H2,1H3. The lowest BCUT2D eigenvalue weighted by molar-refractivity contribution is -0.131. The molecule has 0 atom stereocenters. The zero-order valence-corrected chi connectivity index (χ0v) is 9.17. The van der Waals surface area contributed by atoms with Gasteiger partial charge in [0, 0.05) is 25.6 Å². The van der Waals surface area contributed by atoms with Crippen molar-refractivity contribution in [3.8, 4) is 0 Å².